The number of rotatable bonds is 5. The second kappa shape index (κ2) is 5.14. The summed E-state index contributed by atoms with van der Waals surface area (Å²) in [7, 11) is -1.97. The molecule has 0 saturated heterocycles. The van der Waals surface area contributed by atoms with Crippen LogP contribution in [0.5, 0.6) is 0 Å². The molecule has 1 aliphatic carbocycles. The van der Waals surface area contributed by atoms with Crippen LogP contribution in [0.4, 0.5) is 0 Å². The number of aromatic nitrogens is 2. The average Bonchev–Trinajstić information content (AvgIpc) is 2.99. The van der Waals surface area contributed by atoms with Crippen LogP contribution in [0.3, 0.4) is 0 Å². The first-order chi connectivity index (χ1) is 9.50. The standard InChI is InChI=1S/C12H14ClN3O2S2/c1-15-8-14-12(11(15)13)20(17,18)16(9-4-5-9)7-10-3-2-6-19-10/h2-3,6,8-9H,4-5,7H2,1H3. The molecule has 2 aromatic rings. The summed E-state index contributed by atoms with van der Waals surface area (Å²) in [6, 6.07) is 3.93. The lowest BCUT2D eigenvalue weighted by Gasteiger charge is -2.20. The van der Waals surface area contributed by atoms with Crippen molar-refractivity contribution in [2.24, 2.45) is 7.05 Å². The molecule has 2 aromatic heterocycles. The predicted octanol–water partition coefficient (Wildman–Crippen LogP) is 2.49. The third kappa shape index (κ3) is 2.50. The Kier molecular flexibility index (Phi) is 3.62. The van der Waals surface area contributed by atoms with Crippen molar-refractivity contribution in [3.05, 3.63) is 33.9 Å². The van der Waals surface area contributed by atoms with Gasteiger partial charge in [-0.15, -0.1) is 11.3 Å². The molecule has 0 atom stereocenters. The lowest BCUT2D eigenvalue weighted by molar-refractivity contribution is 0.400. The minimum Gasteiger partial charge on any atom is -0.324 e. The summed E-state index contributed by atoms with van der Waals surface area (Å²) in [5, 5.41) is 2.05. The summed E-state index contributed by atoms with van der Waals surface area (Å²) < 4.78 is 28.5. The second-order valence-corrected chi connectivity index (χ2v) is 8.01. The number of hydrogen-bond acceptors (Lipinski definition) is 4. The SMILES string of the molecule is Cn1cnc(S(=O)(=O)N(Cc2cccs2)C2CC2)c1Cl. The van der Waals surface area contributed by atoms with Crippen molar-refractivity contribution >= 4 is 33.0 Å². The lowest BCUT2D eigenvalue weighted by atomic mass is 10.4. The average molecular weight is 332 g/mol. The van der Waals surface area contributed by atoms with Gasteiger partial charge in [0.05, 0.1) is 6.33 Å². The van der Waals surface area contributed by atoms with E-state index < -0.39 is 10.0 Å². The molecule has 1 saturated carbocycles. The van der Waals surface area contributed by atoms with Crippen molar-refractivity contribution in [3.63, 3.8) is 0 Å². The molecule has 0 bridgehead atoms. The van der Waals surface area contributed by atoms with Gasteiger partial charge in [-0.05, 0) is 24.3 Å². The second-order valence-electron chi connectivity index (χ2n) is 4.81. The van der Waals surface area contributed by atoms with Crippen molar-refractivity contribution in [1.29, 1.82) is 0 Å². The molecule has 1 aliphatic rings. The number of thiophene rings is 1. The molecule has 20 heavy (non-hydrogen) atoms. The summed E-state index contributed by atoms with van der Waals surface area (Å²) in [4.78, 5) is 4.97. The number of aryl methyl sites for hydroxylation is 1. The lowest BCUT2D eigenvalue weighted by Crippen LogP contribution is -2.32. The highest BCUT2D eigenvalue weighted by molar-refractivity contribution is 7.89. The van der Waals surface area contributed by atoms with Crippen LogP contribution in [0, 0.1) is 0 Å². The first-order valence-corrected chi connectivity index (χ1v) is 8.91. The zero-order chi connectivity index (χ0) is 14.3. The number of hydrogen-bond donors (Lipinski definition) is 0. The summed E-state index contributed by atoms with van der Waals surface area (Å²) in [5.41, 5.74) is 0. The molecule has 0 aromatic carbocycles. The van der Waals surface area contributed by atoms with Gasteiger partial charge in [0, 0.05) is 24.5 Å². The van der Waals surface area contributed by atoms with Crippen molar-refractivity contribution in [1.82, 2.24) is 13.9 Å². The van der Waals surface area contributed by atoms with Crippen LogP contribution in [0.2, 0.25) is 5.15 Å². The Hall–Kier alpha value is -0.890. The van der Waals surface area contributed by atoms with E-state index >= 15 is 0 Å². The molecule has 0 amide bonds. The molecular formula is C12H14ClN3O2S2. The van der Waals surface area contributed by atoms with E-state index in [9.17, 15) is 8.42 Å². The van der Waals surface area contributed by atoms with Crippen molar-refractivity contribution in [2.75, 3.05) is 0 Å². The highest BCUT2D eigenvalue weighted by atomic mass is 35.5. The van der Waals surface area contributed by atoms with Crippen LogP contribution in [0.25, 0.3) is 0 Å². The van der Waals surface area contributed by atoms with Gasteiger partial charge in [-0.25, -0.2) is 13.4 Å². The van der Waals surface area contributed by atoms with E-state index in [0.717, 1.165) is 17.7 Å². The fraction of sp³-hybridized carbons (Fsp3) is 0.417. The maximum Gasteiger partial charge on any atom is 0.264 e. The van der Waals surface area contributed by atoms with Crippen LogP contribution in [0.15, 0.2) is 28.9 Å². The number of halogens is 1. The smallest absolute Gasteiger partial charge is 0.264 e. The quantitative estimate of drug-likeness (QED) is 0.845. The van der Waals surface area contributed by atoms with E-state index in [0.29, 0.717) is 6.54 Å². The van der Waals surface area contributed by atoms with Crippen molar-refractivity contribution in [2.45, 2.75) is 30.5 Å². The Bertz CT molecular complexity index is 705. The Balaban J connectivity index is 1.96. The highest BCUT2D eigenvalue weighted by Crippen LogP contribution is 2.35. The van der Waals surface area contributed by atoms with E-state index in [-0.39, 0.29) is 16.2 Å². The number of nitrogens with zero attached hydrogens (tertiary/aromatic N) is 3. The third-order valence-corrected chi connectivity index (χ3v) is 6.48. The summed E-state index contributed by atoms with van der Waals surface area (Å²) in [6.07, 6.45) is 3.22. The molecule has 1 fully saturated rings. The normalized spacial score (nSPS) is 15.9. The largest absolute Gasteiger partial charge is 0.324 e. The van der Waals surface area contributed by atoms with Gasteiger partial charge in [0.25, 0.3) is 10.0 Å². The molecule has 0 unspecified atom stereocenters. The van der Waals surface area contributed by atoms with Crippen molar-refractivity contribution in [3.8, 4) is 0 Å². The van der Waals surface area contributed by atoms with Gasteiger partial charge < -0.3 is 4.57 Å². The first-order valence-electron chi connectivity index (χ1n) is 6.21. The molecular weight excluding hydrogens is 318 g/mol. The zero-order valence-electron chi connectivity index (χ0n) is 10.9. The fourth-order valence-electron chi connectivity index (χ4n) is 2.01. The molecule has 2 heterocycles. The van der Waals surface area contributed by atoms with Gasteiger partial charge in [0.2, 0.25) is 5.03 Å². The Morgan fingerprint density at radius 3 is 2.80 bits per heavy atom. The monoisotopic (exact) mass is 331 g/mol. The van der Waals surface area contributed by atoms with Crippen LogP contribution in [0.1, 0.15) is 17.7 Å². The highest BCUT2D eigenvalue weighted by Gasteiger charge is 2.40. The van der Waals surface area contributed by atoms with Gasteiger partial charge in [0.15, 0.2) is 0 Å². The van der Waals surface area contributed by atoms with Gasteiger partial charge in [-0.3, -0.25) is 0 Å². The molecule has 0 radical (unpaired) electrons. The maximum absolute atomic E-state index is 12.7. The molecule has 5 nitrogen and oxygen atoms in total. The molecule has 3 rings (SSSR count). The van der Waals surface area contributed by atoms with Gasteiger partial charge in [0.1, 0.15) is 5.15 Å². The number of sulfonamides is 1. The Morgan fingerprint density at radius 2 is 2.30 bits per heavy atom. The fourth-order valence-corrected chi connectivity index (χ4v) is 4.85. The topological polar surface area (TPSA) is 55.2 Å². The number of imidazole rings is 1. The van der Waals surface area contributed by atoms with Crippen LogP contribution < -0.4 is 0 Å². The Labute approximate surface area is 126 Å². The Morgan fingerprint density at radius 1 is 1.55 bits per heavy atom. The third-order valence-electron chi connectivity index (χ3n) is 3.23. The van der Waals surface area contributed by atoms with Crippen LogP contribution in [-0.4, -0.2) is 28.3 Å². The van der Waals surface area contributed by atoms with Crippen molar-refractivity contribution < 1.29 is 8.42 Å². The van der Waals surface area contributed by atoms with Crippen LogP contribution in [-0.2, 0) is 23.6 Å². The van der Waals surface area contributed by atoms with Gasteiger partial charge in [-0.2, -0.15) is 4.31 Å². The summed E-state index contributed by atoms with van der Waals surface area (Å²) in [5.74, 6) is 0. The minimum absolute atomic E-state index is 0.0508. The summed E-state index contributed by atoms with van der Waals surface area (Å²) >= 11 is 7.59. The maximum atomic E-state index is 12.7. The minimum atomic E-state index is -3.65. The van der Waals surface area contributed by atoms with E-state index in [1.54, 1.807) is 18.4 Å². The van der Waals surface area contributed by atoms with E-state index in [2.05, 4.69) is 4.98 Å². The molecule has 0 spiro atoms. The molecule has 0 N–H and O–H groups in total. The van der Waals surface area contributed by atoms with E-state index in [1.807, 2.05) is 17.5 Å². The molecule has 8 heteroatoms. The van der Waals surface area contributed by atoms with Crippen LogP contribution >= 0.6 is 22.9 Å². The summed E-state index contributed by atoms with van der Waals surface area (Å²) in [6.45, 7) is 0.386. The zero-order valence-corrected chi connectivity index (χ0v) is 13.2. The first kappa shape index (κ1) is 14.1. The van der Waals surface area contributed by atoms with E-state index in [1.165, 1.54) is 15.2 Å². The van der Waals surface area contributed by atoms with E-state index in [4.69, 9.17) is 11.6 Å². The molecule has 108 valence electrons. The molecule has 0 aliphatic heterocycles. The van der Waals surface area contributed by atoms with Gasteiger partial charge in [-0.1, -0.05) is 17.7 Å². The van der Waals surface area contributed by atoms with Gasteiger partial charge >= 0.3 is 0 Å². The predicted molar refractivity (Wildman–Crippen MR) is 78.3 cm³/mol.